The highest BCUT2D eigenvalue weighted by molar-refractivity contribution is 7.98. The van der Waals surface area contributed by atoms with Crippen molar-refractivity contribution >= 4 is 22.8 Å². The van der Waals surface area contributed by atoms with E-state index in [9.17, 15) is 0 Å². The molecule has 0 aliphatic heterocycles. The summed E-state index contributed by atoms with van der Waals surface area (Å²) in [7, 11) is 0. The second kappa shape index (κ2) is 18.0. The maximum Gasteiger partial charge on any atom is 0.245 e. The maximum absolute atomic E-state index is 2.46. The molecule has 0 spiro atoms. The number of hydrogen-bond donors (Lipinski definition) is 0. The molecule has 2 nitrogen and oxygen atoms in total. The van der Waals surface area contributed by atoms with Crippen LogP contribution in [-0.2, 0) is 12.4 Å². The van der Waals surface area contributed by atoms with Gasteiger partial charge in [0.2, 0.25) is 6.33 Å². The van der Waals surface area contributed by atoms with Crippen LogP contribution in [0, 0.1) is 0 Å². The van der Waals surface area contributed by atoms with E-state index in [1.165, 1.54) is 107 Å². The number of hydrogen-bond acceptors (Lipinski definition) is 1. The summed E-state index contributed by atoms with van der Waals surface area (Å²) >= 11 is 2.09. The van der Waals surface area contributed by atoms with Crippen LogP contribution in [0.25, 0.3) is 11.0 Å². The molecule has 0 saturated carbocycles. The standard InChI is InChI=1S/C26H45N2S.ClH/c1-3-5-7-9-10-11-12-13-14-18-22-29-24-28-23-27(21-17-8-6-4-2)25-19-15-16-20-26(25)28;/h15-16,19-20,23H,3-14,17-18,21-22,24H2,1-2H3;1H/q+1;/p-1. The molecule has 0 saturated heterocycles. The Morgan fingerprint density at radius 1 is 0.733 bits per heavy atom. The van der Waals surface area contributed by atoms with E-state index in [0.29, 0.717) is 0 Å². The topological polar surface area (TPSA) is 8.81 Å². The van der Waals surface area contributed by atoms with Gasteiger partial charge in [0.05, 0.1) is 6.54 Å². The van der Waals surface area contributed by atoms with Gasteiger partial charge in [-0.1, -0.05) is 96.6 Å². The van der Waals surface area contributed by atoms with Crippen molar-refractivity contribution in [3.8, 4) is 0 Å². The van der Waals surface area contributed by atoms with Crippen LogP contribution in [0.15, 0.2) is 30.6 Å². The quantitative estimate of drug-likeness (QED) is 0.225. The van der Waals surface area contributed by atoms with Crippen molar-refractivity contribution in [1.29, 1.82) is 0 Å². The Morgan fingerprint density at radius 2 is 1.30 bits per heavy atom. The number of halogens is 1. The van der Waals surface area contributed by atoms with Gasteiger partial charge in [-0.05, 0) is 37.1 Å². The second-order valence-corrected chi connectivity index (χ2v) is 9.62. The number of aryl methyl sites for hydroxylation is 1. The fourth-order valence-corrected chi connectivity index (χ4v) is 5.03. The van der Waals surface area contributed by atoms with Gasteiger partial charge in [0.1, 0.15) is 5.88 Å². The number of benzene rings is 1. The van der Waals surface area contributed by atoms with Crippen molar-refractivity contribution in [2.45, 2.75) is 116 Å². The largest absolute Gasteiger partial charge is 1.00 e. The molecule has 0 bridgehead atoms. The molecule has 172 valence electrons. The van der Waals surface area contributed by atoms with Crippen LogP contribution < -0.4 is 17.0 Å². The zero-order valence-corrected chi connectivity index (χ0v) is 21.2. The molecule has 30 heavy (non-hydrogen) atoms. The molecule has 0 radical (unpaired) electrons. The van der Waals surface area contributed by atoms with E-state index in [4.69, 9.17) is 0 Å². The fraction of sp³-hybridized carbons (Fsp3) is 0.731. The average Bonchev–Trinajstić information content (AvgIpc) is 3.10. The monoisotopic (exact) mass is 452 g/mol. The molecule has 2 rings (SSSR count). The Bertz CT molecular complexity index is 656. The first kappa shape index (κ1) is 27.4. The normalized spacial score (nSPS) is 11.1. The lowest BCUT2D eigenvalue weighted by molar-refractivity contribution is -0.650. The Kier molecular flexibility index (Phi) is 16.4. The molecule has 0 atom stereocenters. The summed E-state index contributed by atoms with van der Waals surface area (Å²) in [5.41, 5.74) is 2.78. The van der Waals surface area contributed by atoms with Gasteiger partial charge in [-0.25, -0.2) is 9.13 Å². The fourth-order valence-electron chi connectivity index (χ4n) is 4.09. The van der Waals surface area contributed by atoms with Crippen molar-refractivity contribution in [2.75, 3.05) is 5.75 Å². The van der Waals surface area contributed by atoms with Crippen molar-refractivity contribution in [2.24, 2.45) is 0 Å². The molecule has 0 N–H and O–H groups in total. The Balaban J connectivity index is 0.00000450. The maximum atomic E-state index is 2.46. The van der Waals surface area contributed by atoms with Gasteiger partial charge in [-0.2, -0.15) is 0 Å². The van der Waals surface area contributed by atoms with Crippen molar-refractivity contribution in [3.63, 3.8) is 0 Å². The van der Waals surface area contributed by atoms with E-state index < -0.39 is 0 Å². The van der Waals surface area contributed by atoms with Crippen molar-refractivity contribution in [3.05, 3.63) is 30.6 Å². The van der Waals surface area contributed by atoms with Gasteiger partial charge in [-0.3, -0.25) is 0 Å². The first-order valence-electron chi connectivity index (χ1n) is 12.4. The first-order valence-corrected chi connectivity index (χ1v) is 13.6. The number of unbranched alkanes of at least 4 members (excludes halogenated alkanes) is 12. The summed E-state index contributed by atoms with van der Waals surface area (Å²) in [5, 5.41) is 0. The van der Waals surface area contributed by atoms with Crippen LogP contribution in [-0.4, -0.2) is 10.3 Å². The van der Waals surface area contributed by atoms with Crippen LogP contribution in [0.5, 0.6) is 0 Å². The molecule has 2 aromatic rings. The lowest BCUT2D eigenvalue weighted by Gasteiger charge is -2.02. The summed E-state index contributed by atoms with van der Waals surface area (Å²) < 4.78 is 4.92. The van der Waals surface area contributed by atoms with E-state index >= 15 is 0 Å². The van der Waals surface area contributed by atoms with Crippen LogP contribution in [0.3, 0.4) is 0 Å². The third-order valence-corrected chi connectivity index (χ3v) is 6.94. The lowest BCUT2D eigenvalue weighted by atomic mass is 10.1. The molecule has 1 aromatic heterocycles. The SMILES string of the molecule is CCCCCCCCCCCCSC[n+]1cn(CCCCCC)c2ccccc21.[Cl-]. The van der Waals surface area contributed by atoms with E-state index in [0.717, 1.165) is 12.4 Å². The molecule has 1 heterocycles. The van der Waals surface area contributed by atoms with Crippen LogP contribution in [0.1, 0.15) is 104 Å². The Morgan fingerprint density at radius 3 is 1.97 bits per heavy atom. The molecular formula is C26H45ClN2S. The number of aromatic nitrogens is 2. The number of nitrogens with zero attached hydrogens (tertiary/aromatic N) is 2. The molecule has 0 unspecified atom stereocenters. The minimum absolute atomic E-state index is 0. The van der Waals surface area contributed by atoms with Crippen LogP contribution in [0.2, 0.25) is 0 Å². The van der Waals surface area contributed by atoms with Gasteiger partial charge >= 0.3 is 0 Å². The van der Waals surface area contributed by atoms with Crippen molar-refractivity contribution in [1.82, 2.24) is 4.57 Å². The van der Waals surface area contributed by atoms with Crippen molar-refractivity contribution < 1.29 is 17.0 Å². The van der Waals surface area contributed by atoms with Gasteiger partial charge < -0.3 is 12.4 Å². The third-order valence-electron chi connectivity index (χ3n) is 5.90. The zero-order valence-electron chi connectivity index (χ0n) is 19.6. The van der Waals surface area contributed by atoms with E-state index in [1.807, 2.05) is 0 Å². The zero-order chi connectivity index (χ0) is 20.6. The third kappa shape index (κ3) is 10.6. The number of rotatable bonds is 18. The number of imidazole rings is 1. The number of thioether (sulfide) groups is 1. The minimum Gasteiger partial charge on any atom is -1.00 e. The first-order chi connectivity index (χ1) is 14.4. The number of para-hydroxylation sites is 2. The second-order valence-electron chi connectivity index (χ2n) is 8.55. The van der Waals surface area contributed by atoms with E-state index in [-0.39, 0.29) is 12.4 Å². The highest BCUT2D eigenvalue weighted by Crippen LogP contribution is 2.16. The molecule has 4 heteroatoms. The smallest absolute Gasteiger partial charge is 0.245 e. The molecule has 1 aromatic carbocycles. The summed E-state index contributed by atoms with van der Waals surface area (Å²) in [6, 6.07) is 8.90. The Labute approximate surface area is 196 Å². The highest BCUT2D eigenvalue weighted by atomic mass is 35.5. The van der Waals surface area contributed by atoms with Crippen LogP contribution in [0.4, 0.5) is 0 Å². The summed E-state index contributed by atoms with van der Waals surface area (Å²) in [6.45, 7) is 5.73. The molecular weight excluding hydrogens is 408 g/mol. The van der Waals surface area contributed by atoms with E-state index in [1.54, 1.807) is 0 Å². The highest BCUT2D eigenvalue weighted by Gasteiger charge is 2.14. The minimum atomic E-state index is 0. The van der Waals surface area contributed by atoms with Crippen LogP contribution >= 0.6 is 11.8 Å². The molecule has 0 amide bonds. The molecule has 0 fully saturated rings. The summed E-state index contributed by atoms with van der Waals surface area (Å²) in [5.74, 6) is 2.37. The summed E-state index contributed by atoms with van der Waals surface area (Å²) in [6.07, 6.45) is 21.9. The molecule has 0 aliphatic carbocycles. The van der Waals surface area contributed by atoms with E-state index in [2.05, 4.69) is 65.3 Å². The average molecular weight is 453 g/mol. The predicted octanol–water partition coefficient (Wildman–Crippen LogP) is 5.12. The predicted molar refractivity (Wildman–Crippen MR) is 131 cm³/mol. The van der Waals surface area contributed by atoms with Gasteiger partial charge in [0, 0.05) is 0 Å². The lowest BCUT2D eigenvalue weighted by Crippen LogP contribution is -3.00. The van der Waals surface area contributed by atoms with Gasteiger partial charge in [0.15, 0.2) is 11.0 Å². The van der Waals surface area contributed by atoms with Gasteiger partial charge in [-0.15, -0.1) is 11.8 Å². The molecule has 0 aliphatic rings. The number of fused-ring (bicyclic) bond motifs is 1. The van der Waals surface area contributed by atoms with Gasteiger partial charge in [0.25, 0.3) is 0 Å². The summed E-state index contributed by atoms with van der Waals surface area (Å²) in [4.78, 5) is 0. The Hall–Kier alpha value is -0.670.